The predicted molar refractivity (Wildman–Crippen MR) is 127 cm³/mol. The molecule has 34 heavy (non-hydrogen) atoms. The van der Waals surface area contributed by atoms with Crippen LogP contribution in [0.4, 0.5) is 0 Å². The van der Waals surface area contributed by atoms with Gasteiger partial charge in [0.15, 0.2) is 0 Å². The first-order valence-electron chi connectivity index (χ1n) is 10.8. The number of likely N-dealkylation sites (N-methyl/N-ethyl adjacent to an activating group) is 1. The lowest BCUT2D eigenvalue weighted by molar-refractivity contribution is 0.261. The van der Waals surface area contributed by atoms with Gasteiger partial charge in [0.05, 0.1) is 35.3 Å². The second kappa shape index (κ2) is 9.77. The highest BCUT2D eigenvalue weighted by atomic mass is 16.5. The SMILES string of the molecule is CN(C)CCOc1ccc(-c2nnc(-c3cncc(-c4ccnc(C(C)(C)C#N)c4)n3)o2)cc1. The van der Waals surface area contributed by atoms with E-state index in [4.69, 9.17) is 9.15 Å². The van der Waals surface area contributed by atoms with E-state index in [1.807, 2.05) is 64.3 Å². The molecule has 3 aromatic heterocycles. The second-order valence-electron chi connectivity index (χ2n) is 8.54. The summed E-state index contributed by atoms with van der Waals surface area (Å²) in [6, 6.07) is 13.4. The standard InChI is InChI=1S/C25H25N7O2/c1-25(2,16-26)22-13-18(9-10-28-22)20-14-27-15-21(29-20)24-31-30-23(34-24)17-5-7-19(8-6-17)33-12-11-32(3)4/h5-10,13-15H,11-12H2,1-4H3. The molecule has 0 aliphatic heterocycles. The number of ether oxygens (including phenoxy) is 1. The number of pyridine rings is 1. The van der Waals surface area contributed by atoms with Crippen molar-refractivity contribution in [1.29, 1.82) is 5.26 Å². The van der Waals surface area contributed by atoms with E-state index in [1.165, 1.54) is 0 Å². The van der Waals surface area contributed by atoms with Crippen molar-refractivity contribution in [3.63, 3.8) is 0 Å². The number of nitriles is 1. The Bertz CT molecular complexity index is 1310. The van der Waals surface area contributed by atoms with Crippen molar-refractivity contribution in [2.75, 3.05) is 27.2 Å². The summed E-state index contributed by atoms with van der Waals surface area (Å²) in [6.45, 7) is 5.10. The first-order valence-corrected chi connectivity index (χ1v) is 10.8. The lowest BCUT2D eigenvalue weighted by Gasteiger charge is -2.15. The number of aromatic nitrogens is 5. The van der Waals surface area contributed by atoms with Gasteiger partial charge in [0.2, 0.25) is 5.89 Å². The smallest absolute Gasteiger partial charge is 0.268 e. The maximum Gasteiger partial charge on any atom is 0.268 e. The molecular weight excluding hydrogens is 430 g/mol. The zero-order valence-corrected chi connectivity index (χ0v) is 19.6. The Morgan fingerprint density at radius 3 is 2.47 bits per heavy atom. The molecule has 0 atom stereocenters. The highest BCUT2D eigenvalue weighted by Gasteiger charge is 2.22. The number of hydrogen-bond acceptors (Lipinski definition) is 9. The van der Waals surface area contributed by atoms with Gasteiger partial charge in [0.1, 0.15) is 18.1 Å². The van der Waals surface area contributed by atoms with E-state index in [9.17, 15) is 5.26 Å². The van der Waals surface area contributed by atoms with Gasteiger partial charge in [-0.15, -0.1) is 10.2 Å². The summed E-state index contributed by atoms with van der Waals surface area (Å²) in [5.74, 6) is 1.42. The predicted octanol–water partition coefficient (Wildman–Crippen LogP) is 4.00. The van der Waals surface area contributed by atoms with Crippen molar-refractivity contribution < 1.29 is 9.15 Å². The summed E-state index contributed by atoms with van der Waals surface area (Å²) in [6.07, 6.45) is 4.88. The first-order chi connectivity index (χ1) is 16.4. The van der Waals surface area contributed by atoms with Crippen LogP contribution in [0.25, 0.3) is 34.3 Å². The van der Waals surface area contributed by atoms with E-state index in [0.29, 0.717) is 29.6 Å². The van der Waals surface area contributed by atoms with Crippen molar-refractivity contribution in [3.8, 4) is 46.1 Å². The Labute approximate surface area is 198 Å². The zero-order chi connectivity index (χ0) is 24.1. The molecule has 0 unspecified atom stereocenters. The number of rotatable bonds is 8. The van der Waals surface area contributed by atoms with Crippen LogP contribution in [0.1, 0.15) is 19.5 Å². The molecule has 0 aliphatic rings. The monoisotopic (exact) mass is 455 g/mol. The highest BCUT2D eigenvalue weighted by Crippen LogP contribution is 2.27. The molecule has 9 nitrogen and oxygen atoms in total. The minimum atomic E-state index is -0.713. The summed E-state index contributed by atoms with van der Waals surface area (Å²) < 4.78 is 11.6. The normalized spacial score (nSPS) is 11.4. The lowest BCUT2D eigenvalue weighted by Crippen LogP contribution is -2.19. The molecule has 0 saturated heterocycles. The van der Waals surface area contributed by atoms with E-state index in [0.717, 1.165) is 23.4 Å². The maximum atomic E-state index is 9.42. The molecule has 0 aliphatic carbocycles. The molecule has 0 radical (unpaired) electrons. The molecule has 0 N–H and O–H groups in total. The van der Waals surface area contributed by atoms with Gasteiger partial charge in [0, 0.05) is 23.9 Å². The van der Waals surface area contributed by atoms with E-state index < -0.39 is 5.41 Å². The average Bonchev–Trinajstić information content (AvgIpc) is 3.35. The third-order valence-corrected chi connectivity index (χ3v) is 5.16. The van der Waals surface area contributed by atoms with Gasteiger partial charge >= 0.3 is 0 Å². The summed E-state index contributed by atoms with van der Waals surface area (Å²) in [5, 5.41) is 17.7. The van der Waals surface area contributed by atoms with Gasteiger partial charge in [-0.25, -0.2) is 4.98 Å². The van der Waals surface area contributed by atoms with Gasteiger partial charge < -0.3 is 14.1 Å². The Balaban J connectivity index is 1.53. The minimum absolute atomic E-state index is 0.266. The van der Waals surface area contributed by atoms with Crippen molar-refractivity contribution >= 4 is 0 Å². The third kappa shape index (κ3) is 5.24. The van der Waals surface area contributed by atoms with Crippen molar-refractivity contribution in [2.45, 2.75) is 19.3 Å². The van der Waals surface area contributed by atoms with Gasteiger partial charge in [-0.1, -0.05) is 0 Å². The summed E-state index contributed by atoms with van der Waals surface area (Å²) >= 11 is 0. The molecule has 4 rings (SSSR count). The Hall–Kier alpha value is -4.16. The topological polar surface area (TPSA) is 114 Å². The Morgan fingerprint density at radius 2 is 1.74 bits per heavy atom. The number of benzene rings is 1. The van der Waals surface area contributed by atoms with Gasteiger partial charge in [-0.2, -0.15) is 5.26 Å². The summed E-state index contributed by atoms with van der Waals surface area (Å²) in [4.78, 5) is 15.3. The fraction of sp³-hybridized carbons (Fsp3) is 0.280. The largest absolute Gasteiger partial charge is 0.492 e. The first kappa shape index (κ1) is 23.0. The van der Waals surface area contributed by atoms with E-state index in [-0.39, 0.29) is 5.89 Å². The van der Waals surface area contributed by atoms with Crippen molar-refractivity contribution in [2.24, 2.45) is 0 Å². The quantitative estimate of drug-likeness (QED) is 0.389. The van der Waals surface area contributed by atoms with Crippen LogP contribution in [-0.2, 0) is 5.41 Å². The molecule has 0 spiro atoms. The van der Waals surface area contributed by atoms with Crippen LogP contribution in [0.15, 0.2) is 59.4 Å². The fourth-order valence-electron chi connectivity index (χ4n) is 3.08. The minimum Gasteiger partial charge on any atom is -0.492 e. The fourth-order valence-corrected chi connectivity index (χ4v) is 3.08. The molecule has 172 valence electrons. The molecular formula is C25H25N7O2. The van der Waals surface area contributed by atoms with E-state index in [2.05, 4.69) is 36.1 Å². The van der Waals surface area contributed by atoms with Crippen LogP contribution in [0.2, 0.25) is 0 Å². The van der Waals surface area contributed by atoms with Crippen molar-refractivity contribution in [1.82, 2.24) is 30.0 Å². The molecule has 0 bridgehead atoms. The van der Waals surface area contributed by atoms with Crippen LogP contribution < -0.4 is 4.74 Å². The number of hydrogen-bond donors (Lipinski definition) is 0. The van der Waals surface area contributed by atoms with Gasteiger partial charge in [0.25, 0.3) is 5.89 Å². The van der Waals surface area contributed by atoms with E-state index >= 15 is 0 Å². The highest BCUT2D eigenvalue weighted by molar-refractivity contribution is 5.62. The lowest BCUT2D eigenvalue weighted by atomic mass is 9.90. The third-order valence-electron chi connectivity index (χ3n) is 5.16. The molecule has 9 heteroatoms. The summed E-state index contributed by atoms with van der Waals surface area (Å²) in [7, 11) is 4.01. The molecule has 0 amide bonds. The zero-order valence-electron chi connectivity index (χ0n) is 19.6. The van der Waals surface area contributed by atoms with Crippen LogP contribution in [0, 0.1) is 11.3 Å². The number of nitrogens with zero attached hydrogens (tertiary/aromatic N) is 7. The van der Waals surface area contributed by atoms with Crippen LogP contribution in [0.3, 0.4) is 0 Å². The van der Waals surface area contributed by atoms with Gasteiger partial charge in [-0.05, 0) is 64.3 Å². The Morgan fingerprint density at radius 1 is 1.00 bits per heavy atom. The van der Waals surface area contributed by atoms with Crippen LogP contribution >= 0.6 is 0 Å². The molecule has 3 heterocycles. The molecule has 4 aromatic rings. The van der Waals surface area contributed by atoms with Crippen molar-refractivity contribution in [3.05, 3.63) is 60.7 Å². The average molecular weight is 456 g/mol. The van der Waals surface area contributed by atoms with Crippen LogP contribution in [-0.4, -0.2) is 57.3 Å². The molecule has 1 aromatic carbocycles. The van der Waals surface area contributed by atoms with Crippen LogP contribution in [0.5, 0.6) is 5.75 Å². The molecule has 0 fully saturated rings. The second-order valence-corrected chi connectivity index (χ2v) is 8.54. The Kier molecular flexibility index (Phi) is 6.61. The molecule has 0 saturated carbocycles. The van der Waals surface area contributed by atoms with Gasteiger partial charge in [-0.3, -0.25) is 9.97 Å². The summed E-state index contributed by atoms with van der Waals surface area (Å²) in [5.41, 5.74) is 2.60. The van der Waals surface area contributed by atoms with E-state index in [1.54, 1.807) is 18.6 Å². The maximum absolute atomic E-state index is 9.42.